The second-order valence-corrected chi connectivity index (χ2v) is 8.98. The first kappa shape index (κ1) is 19.0. The predicted molar refractivity (Wildman–Crippen MR) is 99.0 cm³/mol. The van der Waals surface area contributed by atoms with Crippen LogP contribution in [0.15, 0.2) is 6.07 Å². The van der Waals surface area contributed by atoms with Crippen LogP contribution < -0.4 is 4.74 Å². The molecule has 4 N–H and O–H groups in total. The normalized spacial score (nSPS) is 37.6. The Morgan fingerprint density at radius 1 is 1.11 bits per heavy atom. The molecule has 0 amide bonds. The molecule has 1 aromatic carbocycles. The van der Waals surface area contributed by atoms with E-state index in [0.717, 1.165) is 37.7 Å². The standard InChI is InChI=1S/C21H30O6/c1-10-16(22)18(24)19(25)20(26-10)27-13-9-12-6-4-5-11-7-8-21(2,3)15(14(11)12)17(13)23/h9-11,16,18-20,22-25H,4-8H2,1-3H3/t10-,11?,16+,18+,19-,20-/m0/s1. The lowest BCUT2D eigenvalue weighted by Crippen LogP contribution is -2.58. The minimum atomic E-state index is -1.40. The van der Waals surface area contributed by atoms with Gasteiger partial charge >= 0.3 is 0 Å². The van der Waals surface area contributed by atoms with Gasteiger partial charge in [-0.05, 0) is 67.6 Å². The zero-order valence-corrected chi connectivity index (χ0v) is 16.2. The Bertz CT molecular complexity index is 730. The van der Waals surface area contributed by atoms with Crippen LogP contribution in [0.5, 0.6) is 11.5 Å². The highest BCUT2D eigenvalue weighted by Crippen LogP contribution is 2.54. The number of hydrogen-bond donors (Lipinski definition) is 4. The van der Waals surface area contributed by atoms with Crippen molar-refractivity contribution in [1.82, 2.24) is 0 Å². The zero-order valence-electron chi connectivity index (χ0n) is 16.2. The van der Waals surface area contributed by atoms with Crippen molar-refractivity contribution >= 4 is 0 Å². The lowest BCUT2D eigenvalue weighted by molar-refractivity contribution is -0.268. The van der Waals surface area contributed by atoms with Crippen LogP contribution in [0.25, 0.3) is 0 Å². The first-order chi connectivity index (χ1) is 12.7. The molecule has 0 bridgehead atoms. The van der Waals surface area contributed by atoms with Gasteiger partial charge in [0.15, 0.2) is 11.5 Å². The van der Waals surface area contributed by atoms with Crippen molar-refractivity contribution in [1.29, 1.82) is 0 Å². The molecule has 1 heterocycles. The molecule has 1 aromatic rings. The summed E-state index contributed by atoms with van der Waals surface area (Å²) >= 11 is 0. The second-order valence-electron chi connectivity index (χ2n) is 8.98. The summed E-state index contributed by atoms with van der Waals surface area (Å²) in [5, 5.41) is 41.2. The van der Waals surface area contributed by atoms with Gasteiger partial charge in [0, 0.05) is 5.56 Å². The maximum Gasteiger partial charge on any atom is 0.229 e. The van der Waals surface area contributed by atoms with Crippen LogP contribution >= 0.6 is 0 Å². The zero-order chi connectivity index (χ0) is 19.5. The number of benzene rings is 1. The van der Waals surface area contributed by atoms with E-state index in [-0.39, 0.29) is 16.9 Å². The Balaban J connectivity index is 1.73. The van der Waals surface area contributed by atoms with E-state index in [9.17, 15) is 20.4 Å². The Kier molecular flexibility index (Phi) is 4.66. The summed E-state index contributed by atoms with van der Waals surface area (Å²) < 4.78 is 11.4. The molecule has 3 aliphatic rings. The van der Waals surface area contributed by atoms with E-state index >= 15 is 0 Å². The van der Waals surface area contributed by atoms with Crippen molar-refractivity contribution in [3.63, 3.8) is 0 Å². The van der Waals surface area contributed by atoms with Crippen molar-refractivity contribution in [2.24, 2.45) is 0 Å². The Morgan fingerprint density at radius 2 is 1.85 bits per heavy atom. The van der Waals surface area contributed by atoms with Crippen molar-refractivity contribution in [2.75, 3.05) is 0 Å². The third kappa shape index (κ3) is 3.03. The molecule has 0 saturated carbocycles. The molecule has 1 unspecified atom stereocenters. The van der Waals surface area contributed by atoms with E-state index in [2.05, 4.69) is 13.8 Å². The van der Waals surface area contributed by atoms with Crippen LogP contribution in [0.2, 0.25) is 0 Å². The van der Waals surface area contributed by atoms with Crippen LogP contribution in [-0.2, 0) is 16.6 Å². The maximum atomic E-state index is 11.1. The van der Waals surface area contributed by atoms with Gasteiger partial charge in [-0.2, -0.15) is 0 Å². The van der Waals surface area contributed by atoms with Gasteiger partial charge in [0.25, 0.3) is 0 Å². The SMILES string of the molecule is C[C@@H]1O[C@@H](Oc2cc3c4c(c2O)C(C)(C)CCC4CCC3)[C@@H](O)[C@H](O)[C@@H]1O. The van der Waals surface area contributed by atoms with Crippen molar-refractivity contribution < 1.29 is 29.9 Å². The van der Waals surface area contributed by atoms with Crippen LogP contribution in [-0.4, -0.2) is 51.1 Å². The first-order valence-corrected chi connectivity index (χ1v) is 9.96. The van der Waals surface area contributed by atoms with Crippen LogP contribution in [0.1, 0.15) is 69.1 Å². The minimum Gasteiger partial charge on any atom is -0.504 e. The molecule has 27 heavy (non-hydrogen) atoms. The fourth-order valence-corrected chi connectivity index (χ4v) is 5.03. The van der Waals surface area contributed by atoms with Gasteiger partial charge in [0.2, 0.25) is 6.29 Å². The number of rotatable bonds is 2. The number of phenolic OH excluding ortho intramolecular Hbond substituents is 1. The molecular weight excluding hydrogens is 348 g/mol. The van der Waals surface area contributed by atoms with Gasteiger partial charge in [0.1, 0.15) is 18.3 Å². The fourth-order valence-electron chi connectivity index (χ4n) is 5.03. The van der Waals surface area contributed by atoms with E-state index in [4.69, 9.17) is 9.47 Å². The summed E-state index contributed by atoms with van der Waals surface area (Å²) in [4.78, 5) is 0. The summed E-state index contributed by atoms with van der Waals surface area (Å²) in [5.74, 6) is 0.874. The molecule has 0 aromatic heterocycles. The fraction of sp³-hybridized carbons (Fsp3) is 0.714. The summed E-state index contributed by atoms with van der Waals surface area (Å²) in [5.41, 5.74) is 3.26. The Hall–Kier alpha value is -1.34. The minimum absolute atomic E-state index is 0.106. The van der Waals surface area contributed by atoms with Gasteiger partial charge < -0.3 is 29.9 Å². The average molecular weight is 378 g/mol. The maximum absolute atomic E-state index is 11.1. The van der Waals surface area contributed by atoms with Crippen LogP contribution in [0.4, 0.5) is 0 Å². The molecule has 6 heteroatoms. The molecule has 150 valence electrons. The van der Waals surface area contributed by atoms with Gasteiger partial charge in [-0.25, -0.2) is 0 Å². The number of ether oxygens (including phenoxy) is 2. The van der Waals surface area contributed by atoms with Gasteiger partial charge in [-0.3, -0.25) is 0 Å². The monoisotopic (exact) mass is 378 g/mol. The molecule has 6 nitrogen and oxygen atoms in total. The Morgan fingerprint density at radius 3 is 2.59 bits per heavy atom. The molecule has 1 aliphatic heterocycles. The quantitative estimate of drug-likeness (QED) is 0.629. The lowest BCUT2D eigenvalue weighted by atomic mass is 9.64. The largest absolute Gasteiger partial charge is 0.504 e. The number of hydrogen-bond acceptors (Lipinski definition) is 6. The number of aliphatic hydroxyl groups excluding tert-OH is 3. The van der Waals surface area contributed by atoms with E-state index in [0.29, 0.717) is 5.92 Å². The lowest BCUT2D eigenvalue weighted by Gasteiger charge is -2.42. The highest BCUT2D eigenvalue weighted by atomic mass is 16.7. The van der Waals surface area contributed by atoms with E-state index in [1.165, 1.54) is 11.1 Å². The van der Waals surface area contributed by atoms with E-state index < -0.39 is 30.7 Å². The molecule has 2 aliphatic carbocycles. The number of aromatic hydroxyl groups is 1. The predicted octanol–water partition coefficient (Wildman–Crippen LogP) is 2.09. The first-order valence-electron chi connectivity index (χ1n) is 9.96. The third-order valence-corrected chi connectivity index (χ3v) is 6.64. The van der Waals surface area contributed by atoms with Crippen molar-refractivity contribution in [3.05, 3.63) is 22.8 Å². The molecule has 0 spiro atoms. The van der Waals surface area contributed by atoms with Crippen molar-refractivity contribution in [3.8, 4) is 11.5 Å². The highest BCUT2D eigenvalue weighted by Gasteiger charge is 2.44. The molecule has 0 radical (unpaired) electrons. The molecule has 4 rings (SSSR count). The summed E-state index contributed by atoms with van der Waals surface area (Å²) in [6, 6.07) is 1.86. The molecule has 6 atom stereocenters. The second kappa shape index (κ2) is 6.62. The van der Waals surface area contributed by atoms with E-state index in [1.807, 2.05) is 6.07 Å². The van der Waals surface area contributed by atoms with E-state index in [1.54, 1.807) is 6.92 Å². The smallest absolute Gasteiger partial charge is 0.229 e. The van der Waals surface area contributed by atoms with Crippen LogP contribution in [0.3, 0.4) is 0 Å². The number of aliphatic hydroxyl groups is 3. The third-order valence-electron chi connectivity index (χ3n) is 6.64. The number of phenols is 1. The summed E-state index contributed by atoms with van der Waals surface area (Å²) in [6.45, 7) is 5.90. The topological polar surface area (TPSA) is 99.4 Å². The van der Waals surface area contributed by atoms with Crippen LogP contribution in [0, 0.1) is 0 Å². The molecule has 1 saturated heterocycles. The summed E-state index contributed by atoms with van der Waals surface area (Å²) in [6.07, 6.45) is -0.428. The average Bonchev–Trinajstić information content (AvgIpc) is 2.62. The summed E-state index contributed by atoms with van der Waals surface area (Å²) in [7, 11) is 0. The highest BCUT2D eigenvalue weighted by molar-refractivity contribution is 5.59. The van der Waals surface area contributed by atoms with Crippen molar-refractivity contribution in [2.45, 2.75) is 94.9 Å². The Labute approximate surface area is 159 Å². The number of aryl methyl sites for hydroxylation is 1. The van der Waals surface area contributed by atoms with Gasteiger partial charge in [-0.15, -0.1) is 0 Å². The van der Waals surface area contributed by atoms with Gasteiger partial charge in [-0.1, -0.05) is 13.8 Å². The van der Waals surface area contributed by atoms with Gasteiger partial charge in [0.05, 0.1) is 6.10 Å². The molecule has 1 fully saturated rings. The molecular formula is C21H30O6.